The molecule has 2 N–H and O–H groups in total. The van der Waals surface area contributed by atoms with Gasteiger partial charge >= 0.3 is 0 Å². The zero-order chi connectivity index (χ0) is 14.7. The van der Waals surface area contributed by atoms with Crippen molar-refractivity contribution in [2.45, 2.75) is 26.4 Å². The minimum Gasteiger partial charge on any atom is -0.398 e. The molecule has 1 heterocycles. The van der Waals surface area contributed by atoms with Crippen LogP contribution in [0, 0.1) is 0 Å². The number of hydrogen-bond donors (Lipinski definition) is 1. The van der Waals surface area contributed by atoms with E-state index < -0.39 is 0 Å². The first-order valence-corrected chi connectivity index (χ1v) is 8.04. The molecule has 0 aliphatic rings. The first-order chi connectivity index (χ1) is 9.49. The van der Waals surface area contributed by atoms with Crippen LogP contribution in [-0.4, -0.2) is 16.8 Å². The third-order valence-corrected chi connectivity index (χ3v) is 4.62. The number of benzene rings is 1. The van der Waals surface area contributed by atoms with Gasteiger partial charge in [0.05, 0.1) is 6.54 Å². The Kier molecular flexibility index (Phi) is 4.83. The summed E-state index contributed by atoms with van der Waals surface area (Å²) in [5.41, 5.74) is 7.06. The van der Waals surface area contributed by atoms with E-state index in [2.05, 4.69) is 15.9 Å². The van der Waals surface area contributed by atoms with Crippen molar-refractivity contribution in [3.8, 4) is 0 Å². The van der Waals surface area contributed by atoms with Crippen LogP contribution in [0.25, 0.3) is 0 Å². The van der Waals surface area contributed by atoms with Crippen molar-refractivity contribution in [2.75, 3.05) is 5.73 Å². The van der Waals surface area contributed by atoms with Gasteiger partial charge in [-0.05, 0) is 59.4 Å². The number of amides is 1. The Labute approximate surface area is 131 Å². The second-order valence-electron chi connectivity index (χ2n) is 4.84. The zero-order valence-corrected chi connectivity index (χ0v) is 13.9. The van der Waals surface area contributed by atoms with Crippen molar-refractivity contribution < 1.29 is 4.79 Å². The Morgan fingerprint density at radius 2 is 2.15 bits per heavy atom. The molecular formula is C15H17BrN2OS. The number of rotatable bonds is 4. The van der Waals surface area contributed by atoms with Crippen molar-refractivity contribution in [3.63, 3.8) is 0 Å². The molecule has 1 amide bonds. The highest BCUT2D eigenvalue weighted by atomic mass is 79.9. The molecule has 5 heteroatoms. The van der Waals surface area contributed by atoms with Gasteiger partial charge in [-0.2, -0.15) is 0 Å². The lowest BCUT2D eigenvalue weighted by molar-refractivity contribution is 0.0692. The van der Waals surface area contributed by atoms with E-state index in [1.807, 2.05) is 42.3 Å². The molecule has 0 aliphatic carbocycles. The molecule has 0 fully saturated rings. The predicted octanol–water partition coefficient (Wildman–Crippen LogP) is 4.14. The molecule has 0 atom stereocenters. The Morgan fingerprint density at radius 1 is 1.40 bits per heavy atom. The lowest BCUT2D eigenvalue weighted by Crippen LogP contribution is -2.36. The number of anilines is 1. The average Bonchev–Trinajstić information content (AvgIpc) is 2.91. The second kappa shape index (κ2) is 6.41. The van der Waals surface area contributed by atoms with Gasteiger partial charge in [-0.3, -0.25) is 4.79 Å². The van der Waals surface area contributed by atoms with Crippen LogP contribution in [-0.2, 0) is 6.54 Å². The monoisotopic (exact) mass is 352 g/mol. The number of halogens is 1. The van der Waals surface area contributed by atoms with Crippen LogP contribution in [0.5, 0.6) is 0 Å². The third-order valence-electron chi connectivity index (χ3n) is 3.03. The summed E-state index contributed by atoms with van der Waals surface area (Å²) in [4.78, 5) is 15.7. The number of thiophene rings is 1. The summed E-state index contributed by atoms with van der Waals surface area (Å²) in [5, 5.41) is 2.02. The van der Waals surface area contributed by atoms with Gasteiger partial charge in [0, 0.05) is 26.6 Å². The van der Waals surface area contributed by atoms with E-state index in [-0.39, 0.29) is 11.9 Å². The van der Waals surface area contributed by atoms with Crippen molar-refractivity contribution in [2.24, 2.45) is 0 Å². The van der Waals surface area contributed by atoms with E-state index in [0.717, 1.165) is 4.47 Å². The van der Waals surface area contributed by atoms with Crippen LogP contribution in [0.3, 0.4) is 0 Å². The van der Waals surface area contributed by atoms with E-state index in [1.54, 1.807) is 23.5 Å². The molecule has 3 nitrogen and oxygen atoms in total. The molecule has 1 aromatic heterocycles. The van der Waals surface area contributed by atoms with Crippen molar-refractivity contribution >= 4 is 38.9 Å². The molecule has 106 valence electrons. The number of nitrogens with two attached hydrogens (primary N) is 1. The molecule has 0 spiro atoms. The largest absolute Gasteiger partial charge is 0.398 e. The highest BCUT2D eigenvalue weighted by molar-refractivity contribution is 9.10. The summed E-state index contributed by atoms with van der Waals surface area (Å²) in [5.74, 6) is 0.00704. The van der Waals surface area contributed by atoms with Gasteiger partial charge in [0.25, 0.3) is 5.91 Å². The maximum atomic E-state index is 12.6. The van der Waals surface area contributed by atoms with E-state index in [4.69, 9.17) is 5.73 Å². The molecule has 20 heavy (non-hydrogen) atoms. The maximum Gasteiger partial charge on any atom is 0.254 e. The number of carbonyl (C=O) groups excluding carboxylic acids is 1. The number of nitrogens with zero attached hydrogens (tertiary/aromatic N) is 1. The summed E-state index contributed by atoms with van der Waals surface area (Å²) in [7, 11) is 0. The molecule has 2 rings (SSSR count). The number of carbonyl (C=O) groups is 1. The molecule has 0 unspecified atom stereocenters. The van der Waals surface area contributed by atoms with Crippen molar-refractivity contribution in [1.82, 2.24) is 4.90 Å². The summed E-state index contributed by atoms with van der Waals surface area (Å²) in [6, 6.07) is 9.51. The standard InChI is InChI=1S/C15H17BrN2OS/c1-10(2)18(9-12-4-3-7-20-12)15(19)11-5-6-13(16)14(17)8-11/h3-8,10H,9,17H2,1-2H3. The summed E-state index contributed by atoms with van der Waals surface area (Å²) in [6.07, 6.45) is 0. The first-order valence-electron chi connectivity index (χ1n) is 6.37. The van der Waals surface area contributed by atoms with Crippen LogP contribution in [0.1, 0.15) is 29.1 Å². The van der Waals surface area contributed by atoms with E-state index >= 15 is 0 Å². The molecule has 1 aromatic carbocycles. The van der Waals surface area contributed by atoms with E-state index in [9.17, 15) is 4.79 Å². The van der Waals surface area contributed by atoms with E-state index in [0.29, 0.717) is 17.8 Å². The quantitative estimate of drug-likeness (QED) is 0.840. The first kappa shape index (κ1) is 15.1. The topological polar surface area (TPSA) is 46.3 Å². The molecule has 0 saturated heterocycles. The average molecular weight is 353 g/mol. The lowest BCUT2D eigenvalue weighted by Gasteiger charge is -2.26. The fraction of sp³-hybridized carbons (Fsp3) is 0.267. The van der Waals surface area contributed by atoms with Crippen LogP contribution in [0.4, 0.5) is 5.69 Å². The normalized spacial score (nSPS) is 10.8. The molecule has 0 saturated carbocycles. The molecule has 0 bridgehead atoms. The minimum absolute atomic E-state index is 0.00704. The van der Waals surface area contributed by atoms with Gasteiger partial charge in [-0.25, -0.2) is 0 Å². The molecule has 2 aromatic rings. The van der Waals surface area contributed by atoms with Gasteiger partial charge in [0.1, 0.15) is 0 Å². The van der Waals surface area contributed by atoms with Crippen molar-refractivity contribution in [3.05, 3.63) is 50.6 Å². The fourth-order valence-corrected chi connectivity index (χ4v) is 2.85. The minimum atomic E-state index is 0.00704. The smallest absolute Gasteiger partial charge is 0.254 e. The Morgan fingerprint density at radius 3 is 2.70 bits per heavy atom. The Balaban J connectivity index is 2.24. The summed E-state index contributed by atoms with van der Waals surface area (Å²) >= 11 is 5.01. The Hall–Kier alpha value is -1.33. The van der Waals surface area contributed by atoms with Gasteiger partial charge in [0.2, 0.25) is 0 Å². The highest BCUT2D eigenvalue weighted by Gasteiger charge is 2.20. The summed E-state index contributed by atoms with van der Waals surface area (Å²) < 4.78 is 0.809. The molecule has 0 radical (unpaired) electrons. The second-order valence-corrected chi connectivity index (χ2v) is 6.73. The Bertz CT molecular complexity index is 596. The van der Waals surface area contributed by atoms with Crippen molar-refractivity contribution in [1.29, 1.82) is 0 Å². The van der Waals surface area contributed by atoms with Crippen LogP contribution in [0.2, 0.25) is 0 Å². The van der Waals surface area contributed by atoms with E-state index in [1.165, 1.54) is 4.88 Å². The van der Waals surface area contributed by atoms with Gasteiger partial charge in [-0.15, -0.1) is 11.3 Å². The fourth-order valence-electron chi connectivity index (χ4n) is 1.90. The lowest BCUT2D eigenvalue weighted by atomic mass is 10.1. The number of hydrogen-bond acceptors (Lipinski definition) is 3. The maximum absolute atomic E-state index is 12.6. The zero-order valence-electron chi connectivity index (χ0n) is 11.5. The highest BCUT2D eigenvalue weighted by Crippen LogP contribution is 2.23. The number of nitrogen functional groups attached to an aromatic ring is 1. The molecule has 0 aliphatic heterocycles. The molecular weight excluding hydrogens is 336 g/mol. The van der Waals surface area contributed by atoms with Crippen LogP contribution >= 0.6 is 27.3 Å². The van der Waals surface area contributed by atoms with Crippen LogP contribution < -0.4 is 5.73 Å². The SMILES string of the molecule is CC(C)N(Cc1cccs1)C(=O)c1ccc(Br)c(N)c1. The van der Waals surface area contributed by atoms with Gasteiger partial charge in [-0.1, -0.05) is 6.07 Å². The predicted molar refractivity (Wildman–Crippen MR) is 87.9 cm³/mol. The van der Waals surface area contributed by atoms with Crippen LogP contribution in [0.15, 0.2) is 40.2 Å². The third kappa shape index (κ3) is 3.41. The van der Waals surface area contributed by atoms with Gasteiger partial charge < -0.3 is 10.6 Å². The van der Waals surface area contributed by atoms with Gasteiger partial charge in [0.15, 0.2) is 0 Å². The summed E-state index contributed by atoms with van der Waals surface area (Å²) in [6.45, 7) is 4.67.